The minimum absolute atomic E-state index is 0.0875. The summed E-state index contributed by atoms with van der Waals surface area (Å²) >= 11 is 0. The van der Waals surface area contributed by atoms with E-state index in [9.17, 15) is 9.59 Å². The summed E-state index contributed by atoms with van der Waals surface area (Å²) in [5.41, 5.74) is 0.587. The van der Waals surface area contributed by atoms with E-state index >= 15 is 0 Å². The van der Waals surface area contributed by atoms with E-state index < -0.39 is 0 Å². The van der Waals surface area contributed by atoms with Gasteiger partial charge in [-0.3, -0.25) is 9.59 Å². The fourth-order valence-electron chi connectivity index (χ4n) is 2.42. The van der Waals surface area contributed by atoms with E-state index in [0.29, 0.717) is 24.6 Å². The number of hydrogen-bond acceptors (Lipinski definition) is 4. The van der Waals surface area contributed by atoms with Gasteiger partial charge in [-0.05, 0) is 44.0 Å². The average Bonchev–Trinajstić information content (AvgIpc) is 2.52. The van der Waals surface area contributed by atoms with Gasteiger partial charge < -0.3 is 14.4 Å². The second-order valence-electron chi connectivity index (χ2n) is 6.72. The van der Waals surface area contributed by atoms with Crippen LogP contribution in [0.3, 0.4) is 0 Å². The first-order valence-electron chi connectivity index (χ1n) is 8.38. The zero-order chi connectivity index (χ0) is 18.3. The molecule has 1 aromatic carbocycles. The quantitative estimate of drug-likeness (QED) is 0.683. The summed E-state index contributed by atoms with van der Waals surface area (Å²) in [4.78, 5) is 26.2. The molecule has 24 heavy (non-hydrogen) atoms. The molecule has 134 valence electrons. The van der Waals surface area contributed by atoms with Gasteiger partial charge in [0.15, 0.2) is 0 Å². The predicted octanol–water partition coefficient (Wildman–Crippen LogP) is 3.38. The van der Waals surface area contributed by atoms with E-state index in [0.717, 1.165) is 5.75 Å². The molecule has 1 unspecified atom stereocenters. The van der Waals surface area contributed by atoms with Gasteiger partial charge in [-0.15, -0.1) is 0 Å². The number of carbonyl (C=O) groups is 2. The number of methoxy groups -OCH3 is 1. The number of nitrogens with zero attached hydrogens (tertiary/aromatic N) is 1. The summed E-state index contributed by atoms with van der Waals surface area (Å²) in [5.74, 6) is 0.288. The molecule has 1 amide bonds. The van der Waals surface area contributed by atoms with Crippen LogP contribution in [0, 0.1) is 11.8 Å². The Balaban J connectivity index is 2.88. The average molecular weight is 335 g/mol. The van der Waals surface area contributed by atoms with Gasteiger partial charge >= 0.3 is 5.97 Å². The molecule has 0 aliphatic carbocycles. The number of hydrogen-bond donors (Lipinski definition) is 0. The van der Waals surface area contributed by atoms with Crippen LogP contribution in [0.25, 0.3) is 0 Å². The Morgan fingerprint density at radius 1 is 1.00 bits per heavy atom. The van der Waals surface area contributed by atoms with Gasteiger partial charge in [0.2, 0.25) is 0 Å². The van der Waals surface area contributed by atoms with Crippen molar-refractivity contribution >= 4 is 11.9 Å². The Kier molecular flexibility index (Phi) is 7.75. The minimum Gasteiger partial charge on any atom is -0.491 e. The normalized spacial score (nSPS) is 12.2. The van der Waals surface area contributed by atoms with Crippen molar-refractivity contribution in [2.75, 3.05) is 20.2 Å². The van der Waals surface area contributed by atoms with Crippen LogP contribution in [-0.4, -0.2) is 43.1 Å². The van der Waals surface area contributed by atoms with Crippen molar-refractivity contribution in [2.45, 2.75) is 40.7 Å². The smallest absolute Gasteiger partial charge is 0.310 e. The van der Waals surface area contributed by atoms with E-state index in [2.05, 4.69) is 0 Å². The Hall–Kier alpha value is -2.04. The molecule has 0 saturated heterocycles. The van der Waals surface area contributed by atoms with Gasteiger partial charge in [0.1, 0.15) is 5.75 Å². The molecule has 0 radical (unpaired) electrons. The monoisotopic (exact) mass is 335 g/mol. The Bertz CT molecular complexity index is 537. The lowest BCUT2D eigenvalue weighted by Gasteiger charge is -2.27. The molecular weight excluding hydrogens is 306 g/mol. The lowest BCUT2D eigenvalue weighted by Crippen LogP contribution is -2.39. The van der Waals surface area contributed by atoms with Crippen molar-refractivity contribution < 1.29 is 19.1 Å². The molecule has 5 heteroatoms. The molecule has 0 aliphatic rings. The zero-order valence-corrected chi connectivity index (χ0v) is 15.5. The molecule has 0 aliphatic heterocycles. The largest absolute Gasteiger partial charge is 0.491 e. The number of rotatable bonds is 8. The molecule has 1 rings (SSSR count). The number of amides is 1. The van der Waals surface area contributed by atoms with E-state index in [4.69, 9.17) is 9.47 Å². The van der Waals surface area contributed by atoms with Gasteiger partial charge in [0.05, 0.1) is 19.1 Å². The molecule has 5 nitrogen and oxygen atoms in total. The fraction of sp³-hybridized carbons (Fsp3) is 0.579. The lowest BCUT2D eigenvalue weighted by molar-refractivity contribution is -0.145. The molecular formula is C19H29NO4. The topological polar surface area (TPSA) is 55.8 Å². The third-order valence-corrected chi connectivity index (χ3v) is 3.44. The lowest BCUT2D eigenvalue weighted by atomic mass is 10.1. The van der Waals surface area contributed by atoms with Crippen molar-refractivity contribution in [1.29, 1.82) is 0 Å². The van der Waals surface area contributed by atoms with E-state index in [-0.39, 0.29) is 23.9 Å². The number of esters is 1. The molecule has 0 heterocycles. The van der Waals surface area contributed by atoms with E-state index in [1.807, 2.05) is 27.7 Å². The highest BCUT2D eigenvalue weighted by molar-refractivity contribution is 5.94. The van der Waals surface area contributed by atoms with Crippen molar-refractivity contribution in [1.82, 2.24) is 4.90 Å². The maximum atomic E-state index is 12.8. The maximum absolute atomic E-state index is 12.8. The maximum Gasteiger partial charge on any atom is 0.310 e. The first kappa shape index (κ1) is 20.0. The number of benzene rings is 1. The molecule has 0 fully saturated rings. The van der Waals surface area contributed by atoms with E-state index in [1.165, 1.54) is 7.11 Å². The third kappa shape index (κ3) is 6.22. The molecule has 0 bridgehead atoms. The van der Waals surface area contributed by atoms with Gasteiger partial charge in [-0.25, -0.2) is 0 Å². The summed E-state index contributed by atoms with van der Waals surface area (Å²) in [6.45, 7) is 10.7. The van der Waals surface area contributed by atoms with Crippen LogP contribution in [0.1, 0.15) is 45.0 Å². The van der Waals surface area contributed by atoms with Gasteiger partial charge in [-0.2, -0.15) is 0 Å². The molecule has 0 saturated carbocycles. The Labute approximate surface area is 144 Å². The van der Waals surface area contributed by atoms with E-state index in [1.54, 1.807) is 36.1 Å². The van der Waals surface area contributed by atoms with Crippen LogP contribution in [0.2, 0.25) is 0 Å². The van der Waals surface area contributed by atoms with Crippen molar-refractivity contribution in [3.8, 4) is 5.75 Å². The van der Waals surface area contributed by atoms with Crippen molar-refractivity contribution in [3.63, 3.8) is 0 Å². The second-order valence-corrected chi connectivity index (χ2v) is 6.72. The van der Waals surface area contributed by atoms with Crippen molar-refractivity contribution in [3.05, 3.63) is 29.8 Å². The zero-order valence-electron chi connectivity index (χ0n) is 15.5. The van der Waals surface area contributed by atoms with Crippen LogP contribution in [0.5, 0.6) is 5.75 Å². The highest BCUT2D eigenvalue weighted by Crippen LogP contribution is 2.17. The highest BCUT2D eigenvalue weighted by atomic mass is 16.5. The van der Waals surface area contributed by atoms with Crippen LogP contribution >= 0.6 is 0 Å². The summed E-state index contributed by atoms with van der Waals surface area (Å²) < 4.78 is 10.4. The molecule has 1 atom stereocenters. The highest BCUT2D eigenvalue weighted by Gasteiger charge is 2.23. The fourth-order valence-corrected chi connectivity index (χ4v) is 2.42. The molecule has 1 aromatic rings. The SMILES string of the molecule is COC(=O)C(C)CN(CC(C)C)C(=O)c1ccc(OC(C)C)cc1. The first-order valence-corrected chi connectivity index (χ1v) is 8.38. The van der Waals surface area contributed by atoms with Crippen LogP contribution in [0.4, 0.5) is 0 Å². The predicted molar refractivity (Wildman–Crippen MR) is 94.1 cm³/mol. The summed E-state index contributed by atoms with van der Waals surface area (Å²) in [6, 6.07) is 7.11. The van der Waals surface area contributed by atoms with Crippen LogP contribution in [-0.2, 0) is 9.53 Å². The second kappa shape index (κ2) is 9.30. The van der Waals surface area contributed by atoms with Gasteiger partial charge in [0.25, 0.3) is 5.91 Å². The first-order chi connectivity index (χ1) is 11.2. The van der Waals surface area contributed by atoms with Crippen molar-refractivity contribution in [2.24, 2.45) is 11.8 Å². The molecule has 0 N–H and O–H groups in total. The summed E-state index contributed by atoms with van der Waals surface area (Å²) in [5, 5.41) is 0. The number of ether oxygens (including phenoxy) is 2. The summed E-state index contributed by atoms with van der Waals surface area (Å²) in [6.07, 6.45) is 0.0879. The Morgan fingerprint density at radius 3 is 2.04 bits per heavy atom. The number of carbonyl (C=O) groups excluding carboxylic acids is 2. The molecule has 0 spiro atoms. The summed E-state index contributed by atoms with van der Waals surface area (Å²) in [7, 11) is 1.36. The van der Waals surface area contributed by atoms with Crippen LogP contribution in [0.15, 0.2) is 24.3 Å². The molecule has 0 aromatic heterocycles. The third-order valence-electron chi connectivity index (χ3n) is 3.44. The minimum atomic E-state index is -0.360. The van der Waals surface area contributed by atoms with Crippen LogP contribution < -0.4 is 4.74 Å². The standard InChI is InChI=1S/C19H29NO4/c1-13(2)11-20(12-15(5)19(22)23-6)18(21)16-7-9-17(10-8-16)24-14(3)4/h7-10,13-15H,11-12H2,1-6H3. The van der Waals surface area contributed by atoms with Gasteiger partial charge in [-0.1, -0.05) is 20.8 Å². The van der Waals surface area contributed by atoms with Gasteiger partial charge in [0, 0.05) is 18.7 Å². The Morgan fingerprint density at radius 2 is 1.58 bits per heavy atom.